The van der Waals surface area contributed by atoms with Crippen LogP contribution >= 0.6 is 0 Å². The maximum atomic E-state index is 12.8. The third-order valence-corrected chi connectivity index (χ3v) is 7.84. The van der Waals surface area contributed by atoms with Gasteiger partial charge in [-0.1, -0.05) is 48.5 Å². The molecule has 5 rings (SSSR count). The van der Waals surface area contributed by atoms with Crippen LogP contribution in [0.1, 0.15) is 55.6 Å². The van der Waals surface area contributed by atoms with Gasteiger partial charge in [0.25, 0.3) is 0 Å². The van der Waals surface area contributed by atoms with E-state index in [1.165, 1.54) is 22.3 Å². The van der Waals surface area contributed by atoms with Crippen LogP contribution in [0.2, 0.25) is 0 Å². The van der Waals surface area contributed by atoms with E-state index in [9.17, 15) is 9.59 Å². The number of amides is 3. The molecule has 0 bridgehead atoms. The van der Waals surface area contributed by atoms with Gasteiger partial charge in [-0.15, -0.1) is 0 Å². The van der Waals surface area contributed by atoms with Crippen LogP contribution in [0.15, 0.2) is 72.8 Å². The maximum Gasteiger partial charge on any atom is 0.326 e. The first-order chi connectivity index (χ1) is 18.6. The van der Waals surface area contributed by atoms with Crippen molar-refractivity contribution < 1.29 is 9.59 Å². The van der Waals surface area contributed by atoms with E-state index >= 15 is 0 Å². The van der Waals surface area contributed by atoms with Crippen LogP contribution in [0.4, 0.5) is 16.2 Å². The molecule has 3 amide bonds. The summed E-state index contributed by atoms with van der Waals surface area (Å²) < 4.78 is 0. The number of hydrogen-bond acceptors (Lipinski definition) is 3. The van der Waals surface area contributed by atoms with Gasteiger partial charge in [-0.25, -0.2) is 4.79 Å². The molecule has 0 aromatic heterocycles. The van der Waals surface area contributed by atoms with Crippen molar-refractivity contribution in [2.45, 2.75) is 50.9 Å². The molecule has 6 heteroatoms. The molecule has 194 valence electrons. The molecule has 0 unspecified atom stereocenters. The molecule has 1 aliphatic carbocycles. The minimum absolute atomic E-state index is 0.0716. The van der Waals surface area contributed by atoms with Crippen molar-refractivity contribution in [1.82, 2.24) is 5.32 Å². The van der Waals surface area contributed by atoms with Crippen LogP contribution in [0.3, 0.4) is 0 Å². The first-order valence-corrected chi connectivity index (χ1v) is 13.6. The van der Waals surface area contributed by atoms with Gasteiger partial charge in [0.15, 0.2) is 0 Å². The zero-order valence-electron chi connectivity index (χ0n) is 21.7. The lowest BCUT2D eigenvalue weighted by Gasteiger charge is -2.28. The van der Waals surface area contributed by atoms with E-state index in [2.05, 4.69) is 59.2 Å². The molecule has 0 spiro atoms. The highest BCUT2D eigenvalue weighted by Crippen LogP contribution is 2.38. The van der Waals surface area contributed by atoms with Crippen LogP contribution < -0.4 is 15.5 Å². The Kier molecular flexibility index (Phi) is 8.04. The van der Waals surface area contributed by atoms with Crippen molar-refractivity contribution in [3.63, 3.8) is 0 Å². The summed E-state index contributed by atoms with van der Waals surface area (Å²) in [5, 5.41) is 14.4. The van der Waals surface area contributed by atoms with Gasteiger partial charge in [-0.2, -0.15) is 5.26 Å². The number of nitrogens with zero attached hydrogens (tertiary/aromatic N) is 2. The highest BCUT2D eigenvalue weighted by molar-refractivity contribution is 6.03. The minimum atomic E-state index is -0.0959. The van der Waals surface area contributed by atoms with Crippen molar-refractivity contribution >= 4 is 23.3 Å². The largest absolute Gasteiger partial charge is 0.355 e. The van der Waals surface area contributed by atoms with Crippen molar-refractivity contribution in [2.75, 3.05) is 23.3 Å². The summed E-state index contributed by atoms with van der Waals surface area (Å²) in [6.45, 7) is 1.13. The zero-order chi connectivity index (χ0) is 26.3. The van der Waals surface area contributed by atoms with Crippen LogP contribution in [0, 0.1) is 17.2 Å². The minimum Gasteiger partial charge on any atom is -0.355 e. The van der Waals surface area contributed by atoms with E-state index in [0.29, 0.717) is 37.8 Å². The Morgan fingerprint density at radius 2 is 1.66 bits per heavy atom. The van der Waals surface area contributed by atoms with Gasteiger partial charge in [0.05, 0.1) is 12.5 Å². The predicted molar refractivity (Wildman–Crippen MR) is 151 cm³/mol. The van der Waals surface area contributed by atoms with E-state index in [-0.39, 0.29) is 11.9 Å². The van der Waals surface area contributed by atoms with E-state index < -0.39 is 0 Å². The van der Waals surface area contributed by atoms with E-state index in [1.807, 2.05) is 35.2 Å². The van der Waals surface area contributed by atoms with Crippen molar-refractivity contribution in [3.05, 3.63) is 83.9 Å². The molecule has 0 atom stereocenters. The van der Waals surface area contributed by atoms with Crippen LogP contribution in [-0.4, -0.2) is 25.0 Å². The standard InChI is InChI=1S/C32H34N4O2/c33-18-4-19-34-31(37)21-23-7-9-24(10-8-23)25-11-13-26(14-12-25)27-15-16-30-28(22-27)17-20-36(30)32(38)35-29-5-2-1-3-6-29/h1-3,5-6,11-16,22-24H,4,7-10,17,19-21H2,(H,34,37)(H,35,38). The summed E-state index contributed by atoms with van der Waals surface area (Å²) in [6.07, 6.45) is 6.13. The molecule has 0 saturated heterocycles. The van der Waals surface area contributed by atoms with Crippen LogP contribution in [0.5, 0.6) is 0 Å². The fourth-order valence-electron chi connectivity index (χ4n) is 5.74. The fraction of sp³-hybridized carbons (Fsp3) is 0.344. The number of carbonyl (C=O) groups is 2. The zero-order valence-corrected chi connectivity index (χ0v) is 21.7. The van der Waals surface area contributed by atoms with Crippen molar-refractivity contribution in [3.8, 4) is 17.2 Å². The summed E-state index contributed by atoms with van der Waals surface area (Å²) in [6, 6.07) is 26.8. The van der Waals surface area contributed by atoms with Crippen molar-refractivity contribution in [2.24, 2.45) is 5.92 Å². The van der Waals surface area contributed by atoms with Crippen molar-refractivity contribution in [1.29, 1.82) is 5.26 Å². The molecule has 6 nitrogen and oxygen atoms in total. The number of anilines is 2. The highest BCUT2D eigenvalue weighted by Gasteiger charge is 2.26. The summed E-state index contributed by atoms with van der Waals surface area (Å²) in [5.74, 6) is 1.05. The molecule has 2 N–H and O–H groups in total. The van der Waals surface area contributed by atoms with Crippen LogP contribution in [0.25, 0.3) is 11.1 Å². The second-order valence-corrected chi connectivity index (χ2v) is 10.3. The number of rotatable bonds is 7. The first kappa shape index (κ1) is 25.5. The Morgan fingerprint density at radius 1 is 0.921 bits per heavy atom. The average molecular weight is 507 g/mol. The summed E-state index contributed by atoms with van der Waals surface area (Å²) in [5.41, 5.74) is 6.71. The van der Waals surface area contributed by atoms with Gasteiger partial charge in [0, 0.05) is 30.9 Å². The highest BCUT2D eigenvalue weighted by atomic mass is 16.2. The molecule has 3 aromatic carbocycles. The van der Waals surface area contributed by atoms with Gasteiger partial charge < -0.3 is 10.6 Å². The molecular weight excluding hydrogens is 472 g/mol. The number of urea groups is 1. The lowest BCUT2D eigenvalue weighted by molar-refractivity contribution is -0.122. The van der Waals surface area contributed by atoms with Crippen LogP contribution in [-0.2, 0) is 11.2 Å². The number of para-hydroxylation sites is 1. The molecule has 1 aliphatic heterocycles. The summed E-state index contributed by atoms with van der Waals surface area (Å²) in [7, 11) is 0. The molecule has 2 aliphatic rings. The van der Waals surface area contributed by atoms with E-state index in [0.717, 1.165) is 43.5 Å². The van der Waals surface area contributed by atoms with Gasteiger partial charge in [-0.3, -0.25) is 9.69 Å². The monoisotopic (exact) mass is 506 g/mol. The Bertz CT molecular complexity index is 1310. The Labute approximate surface area is 224 Å². The number of fused-ring (bicyclic) bond motifs is 1. The second-order valence-electron chi connectivity index (χ2n) is 10.3. The van der Waals surface area contributed by atoms with Gasteiger partial charge in [-0.05, 0) is 90.5 Å². The number of nitrogens with one attached hydrogen (secondary N) is 2. The second kappa shape index (κ2) is 12.0. The smallest absolute Gasteiger partial charge is 0.326 e. The molecule has 0 radical (unpaired) electrons. The number of nitriles is 1. The molecular formula is C32H34N4O2. The average Bonchev–Trinajstić information content (AvgIpc) is 3.38. The SMILES string of the molecule is N#CCCNC(=O)CC1CCC(c2ccc(-c3ccc4c(c3)CCN4C(=O)Nc3ccccc3)cc2)CC1. The normalized spacial score (nSPS) is 18.3. The van der Waals surface area contributed by atoms with E-state index in [4.69, 9.17) is 5.26 Å². The third kappa shape index (κ3) is 6.06. The van der Waals surface area contributed by atoms with E-state index in [1.54, 1.807) is 0 Å². The summed E-state index contributed by atoms with van der Waals surface area (Å²) in [4.78, 5) is 26.7. The van der Waals surface area contributed by atoms with Gasteiger partial charge >= 0.3 is 6.03 Å². The lowest BCUT2D eigenvalue weighted by Crippen LogP contribution is -2.33. The number of benzene rings is 3. The maximum absolute atomic E-state index is 12.8. The van der Waals surface area contributed by atoms with Gasteiger partial charge in [0.1, 0.15) is 0 Å². The Morgan fingerprint density at radius 3 is 2.39 bits per heavy atom. The number of carbonyl (C=O) groups excluding carboxylic acids is 2. The molecule has 1 fully saturated rings. The molecule has 1 heterocycles. The topological polar surface area (TPSA) is 85.2 Å². The Balaban J connectivity index is 1.16. The predicted octanol–water partition coefficient (Wildman–Crippen LogP) is 6.64. The molecule has 1 saturated carbocycles. The fourth-order valence-corrected chi connectivity index (χ4v) is 5.74. The first-order valence-electron chi connectivity index (χ1n) is 13.6. The quantitative estimate of drug-likeness (QED) is 0.352. The number of hydrogen-bond donors (Lipinski definition) is 2. The van der Waals surface area contributed by atoms with Gasteiger partial charge in [0.2, 0.25) is 5.91 Å². The third-order valence-electron chi connectivity index (χ3n) is 7.84. The molecule has 38 heavy (non-hydrogen) atoms. The molecule has 3 aromatic rings. The lowest BCUT2D eigenvalue weighted by atomic mass is 9.77. The Hall–Kier alpha value is -4.11. The summed E-state index contributed by atoms with van der Waals surface area (Å²) >= 11 is 0.